The van der Waals surface area contributed by atoms with Crippen LogP contribution in [0.3, 0.4) is 0 Å². The molecule has 0 radical (unpaired) electrons. The van der Waals surface area contributed by atoms with E-state index in [1.165, 1.54) is 4.90 Å². The van der Waals surface area contributed by atoms with E-state index in [1.54, 1.807) is 24.3 Å². The summed E-state index contributed by atoms with van der Waals surface area (Å²) in [5.74, 6) is -1.02. The molecule has 0 spiro atoms. The molecule has 4 rings (SSSR count). The van der Waals surface area contributed by atoms with Gasteiger partial charge in [0.2, 0.25) is 5.91 Å². The average Bonchev–Trinajstić information content (AvgIpc) is 3.31. The largest absolute Gasteiger partial charge is 0.445 e. The van der Waals surface area contributed by atoms with Crippen LogP contribution in [-0.4, -0.2) is 58.3 Å². The number of aliphatic hydroxyl groups excluding tert-OH is 1. The number of nitrogens with zero attached hydrogens (tertiary/aromatic N) is 1. The molecular formula is C23H25N3O6. The summed E-state index contributed by atoms with van der Waals surface area (Å²) in [6.45, 7) is 0.0597. The van der Waals surface area contributed by atoms with E-state index in [0.29, 0.717) is 11.3 Å². The maximum Gasteiger partial charge on any atom is 0.410 e. The molecule has 2 aliphatic rings. The van der Waals surface area contributed by atoms with Crippen molar-refractivity contribution < 1.29 is 29.3 Å². The highest BCUT2D eigenvalue weighted by Crippen LogP contribution is 2.37. The predicted molar refractivity (Wildman–Crippen MR) is 114 cm³/mol. The van der Waals surface area contributed by atoms with Gasteiger partial charge in [0, 0.05) is 30.6 Å². The Morgan fingerprint density at radius 1 is 1.16 bits per heavy atom. The summed E-state index contributed by atoms with van der Waals surface area (Å²) in [6, 6.07) is 15.1. The van der Waals surface area contributed by atoms with Gasteiger partial charge in [0.05, 0.1) is 12.6 Å². The molecule has 0 aliphatic carbocycles. The number of β-amino-alcohol motifs (C(OH)–C–C–N with tert-alkyl or cyclic N) is 1. The molecule has 0 aromatic heterocycles. The zero-order valence-corrected chi connectivity index (χ0v) is 17.4. The fourth-order valence-corrected chi connectivity index (χ4v) is 4.10. The van der Waals surface area contributed by atoms with Crippen LogP contribution in [0.15, 0.2) is 54.6 Å². The maximum absolute atomic E-state index is 12.7. The van der Waals surface area contributed by atoms with Crippen molar-refractivity contribution in [1.29, 1.82) is 0 Å². The number of hydrogen-bond acceptors (Lipinski definition) is 6. The molecule has 9 heteroatoms. The van der Waals surface area contributed by atoms with E-state index in [2.05, 4.69) is 10.6 Å². The molecule has 32 heavy (non-hydrogen) atoms. The highest BCUT2D eigenvalue weighted by atomic mass is 16.6. The van der Waals surface area contributed by atoms with E-state index in [0.717, 1.165) is 5.56 Å². The Morgan fingerprint density at radius 3 is 2.66 bits per heavy atom. The summed E-state index contributed by atoms with van der Waals surface area (Å²) in [6.07, 6.45) is -1.48. The Kier molecular flexibility index (Phi) is 6.11. The lowest BCUT2D eigenvalue weighted by atomic mass is 9.92. The van der Waals surface area contributed by atoms with Crippen LogP contribution in [0.25, 0.3) is 0 Å². The maximum atomic E-state index is 12.7. The second kappa shape index (κ2) is 8.97. The first-order chi connectivity index (χ1) is 15.4. The van der Waals surface area contributed by atoms with Crippen molar-refractivity contribution >= 4 is 23.6 Å². The highest BCUT2D eigenvalue weighted by Gasteiger charge is 2.45. The van der Waals surface area contributed by atoms with E-state index in [-0.39, 0.29) is 32.5 Å². The van der Waals surface area contributed by atoms with E-state index in [4.69, 9.17) is 4.74 Å². The van der Waals surface area contributed by atoms with Gasteiger partial charge in [-0.1, -0.05) is 48.5 Å². The Hall–Kier alpha value is -3.43. The lowest BCUT2D eigenvalue weighted by molar-refractivity contribution is -0.135. The summed E-state index contributed by atoms with van der Waals surface area (Å²) >= 11 is 0. The number of hydrogen-bond donors (Lipinski definition) is 4. The van der Waals surface area contributed by atoms with Gasteiger partial charge in [-0.25, -0.2) is 4.79 Å². The minimum absolute atomic E-state index is 0.00850. The molecule has 1 unspecified atom stereocenters. The Labute approximate surface area is 185 Å². The lowest BCUT2D eigenvalue weighted by Crippen LogP contribution is -2.47. The number of carbonyl (C=O) groups excluding carboxylic acids is 3. The quantitative estimate of drug-likeness (QED) is 0.534. The fourth-order valence-electron chi connectivity index (χ4n) is 4.10. The van der Waals surface area contributed by atoms with Crippen molar-refractivity contribution in [1.82, 2.24) is 10.2 Å². The summed E-state index contributed by atoms with van der Waals surface area (Å²) in [7, 11) is 0. The molecular weight excluding hydrogens is 414 g/mol. The van der Waals surface area contributed by atoms with Gasteiger partial charge in [0.25, 0.3) is 5.91 Å². The van der Waals surface area contributed by atoms with Crippen LogP contribution in [-0.2, 0) is 26.5 Å². The molecule has 0 bridgehead atoms. The molecule has 168 valence electrons. The molecule has 2 aliphatic heterocycles. The molecule has 3 atom stereocenters. The zero-order chi connectivity index (χ0) is 22.7. The third kappa shape index (κ3) is 4.30. The van der Waals surface area contributed by atoms with Crippen molar-refractivity contribution in [2.75, 3.05) is 18.4 Å². The van der Waals surface area contributed by atoms with Gasteiger partial charge in [-0.2, -0.15) is 0 Å². The van der Waals surface area contributed by atoms with Crippen LogP contribution < -0.4 is 10.6 Å². The number of rotatable bonds is 6. The number of anilines is 1. The van der Waals surface area contributed by atoms with Gasteiger partial charge in [0.1, 0.15) is 12.6 Å². The topological polar surface area (TPSA) is 128 Å². The second-order valence-corrected chi connectivity index (χ2v) is 8.00. The summed E-state index contributed by atoms with van der Waals surface area (Å²) in [5, 5.41) is 26.2. The normalized spacial score (nSPS) is 24.1. The van der Waals surface area contributed by atoms with E-state index in [1.807, 2.05) is 30.3 Å². The van der Waals surface area contributed by atoms with E-state index < -0.39 is 35.7 Å². The second-order valence-electron chi connectivity index (χ2n) is 8.00. The summed E-state index contributed by atoms with van der Waals surface area (Å²) < 4.78 is 5.30. The van der Waals surface area contributed by atoms with Crippen LogP contribution in [0.1, 0.15) is 24.0 Å². The van der Waals surface area contributed by atoms with Gasteiger partial charge in [0.15, 0.2) is 5.60 Å². The standard InChI is InChI=1S/C23H25N3O6/c27-16-12-19(26(13-16)22(30)32-14-15-6-2-1-3-7-15)20(28)24-11-10-23(31)17-8-4-5-9-18(17)25-21(23)29/h1-9,16,19,27,31H,10-14H2,(H,24,28)(H,25,29)/t16-,19+,23?/m1/s1. The van der Waals surface area contributed by atoms with Crippen LogP contribution >= 0.6 is 0 Å². The Bertz CT molecular complexity index is 1010. The van der Waals surface area contributed by atoms with Crippen molar-refractivity contribution in [3.05, 3.63) is 65.7 Å². The molecule has 9 nitrogen and oxygen atoms in total. The van der Waals surface area contributed by atoms with Crippen LogP contribution in [0, 0.1) is 0 Å². The minimum atomic E-state index is -1.74. The van der Waals surface area contributed by atoms with Crippen molar-refractivity contribution in [3.8, 4) is 0 Å². The SMILES string of the molecule is O=C(NCCC1(O)C(=O)Nc2ccccc21)[C@@H]1C[C@@H](O)CN1C(=O)OCc1ccccc1. The number of nitrogens with one attached hydrogen (secondary N) is 2. The lowest BCUT2D eigenvalue weighted by Gasteiger charge is -2.24. The third-order valence-corrected chi connectivity index (χ3v) is 5.80. The summed E-state index contributed by atoms with van der Waals surface area (Å²) in [5.41, 5.74) is 0.0667. The van der Waals surface area contributed by atoms with E-state index in [9.17, 15) is 24.6 Å². The van der Waals surface area contributed by atoms with Crippen LogP contribution in [0.2, 0.25) is 0 Å². The number of para-hydroxylation sites is 1. The molecule has 2 heterocycles. The first-order valence-electron chi connectivity index (χ1n) is 10.4. The third-order valence-electron chi connectivity index (χ3n) is 5.80. The zero-order valence-electron chi connectivity index (χ0n) is 17.4. The first kappa shape index (κ1) is 21.8. The number of benzene rings is 2. The molecule has 1 saturated heterocycles. The molecule has 2 aromatic carbocycles. The van der Waals surface area contributed by atoms with E-state index >= 15 is 0 Å². The summed E-state index contributed by atoms with van der Waals surface area (Å²) in [4.78, 5) is 38.7. The van der Waals surface area contributed by atoms with Crippen molar-refractivity contribution in [2.24, 2.45) is 0 Å². The Balaban J connectivity index is 1.34. The van der Waals surface area contributed by atoms with Gasteiger partial charge in [-0.15, -0.1) is 0 Å². The van der Waals surface area contributed by atoms with Gasteiger partial charge in [-0.3, -0.25) is 14.5 Å². The van der Waals surface area contributed by atoms with Crippen molar-refractivity contribution in [3.63, 3.8) is 0 Å². The Morgan fingerprint density at radius 2 is 1.88 bits per heavy atom. The number of amides is 3. The number of likely N-dealkylation sites (tertiary alicyclic amines) is 1. The van der Waals surface area contributed by atoms with Crippen LogP contribution in [0.5, 0.6) is 0 Å². The number of carbonyl (C=O) groups is 3. The molecule has 4 N–H and O–H groups in total. The molecule has 2 aromatic rings. The molecule has 1 fully saturated rings. The smallest absolute Gasteiger partial charge is 0.410 e. The number of fused-ring (bicyclic) bond motifs is 1. The van der Waals surface area contributed by atoms with Crippen molar-refractivity contribution in [2.45, 2.75) is 37.2 Å². The van der Waals surface area contributed by atoms with Gasteiger partial charge < -0.3 is 25.6 Å². The first-order valence-corrected chi connectivity index (χ1v) is 10.4. The predicted octanol–water partition coefficient (Wildman–Crippen LogP) is 1.10. The number of aliphatic hydroxyl groups is 2. The van der Waals surface area contributed by atoms with Gasteiger partial charge in [-0.05, 0) is 11.6 Å². The highest BCUT2D eigenvalue weighted by molar-refractivity contribution is 6.04. The molecule has 3 amide bonds. The van der Waals surface area contributed by atoms with Crippen LogP contribution in [0.4, 0.5) is 10.5 Å². The van der Waals surface area contributed by atoms with Gasteiger partial charge >= 0.3 is 6.09 Å². The monoisotopic (exact) mass is 439 g/mol. The fraction of sp³-hybridized carbons (Fsp3) is 0.348. The minimum Gasteiger partial charge on any atom is -0.445 e. The average molecular weight is 439 g/mol. The number of ether oxygens (including phenoxy) is 1. The molecule has 0 saturated carbocycles.